The average molecular weight is 516 g/mol. The maximum absolute atomic E-state index is 5.91. The SMILES string of the molecule is COc1cc(Br)cc(Br)c1Oc1ccc(Br)cc1Br. The van der Waals surface area contributed by atoms with Crippen LogP contribution in [0.25, 0.3) is 0 Å². The topological polar surface area (TPSA) is 18.5 Å². The third-order valence-electron chi connectivity index (χ3n) is 2.30. The van der Waals surface area contributed by atoms with Crippen LogP contribution in [0.1, 0.15) is 0 Å². The maximum atomic E-state index is 5.91. The number of halogens is 4. The number of ether oxygens (including phenoxy) is 2. The van der Waals surface area contributed by atoms with E-state index < -0.39 is 0 Å². The zero-order chi connectivity index (χ0) is 14.0. The zero-order valence-electron chi connectivity index (χ0n) is 9.72. The first-order valence-electron chi connectivity index (χ1n) is 5.17. The van der Waals surface area contributed by atoms with Gasteiger partial charge in [0.25, 0.3) is 0 Å². The van der Waals surface area contributed by atoms with E-state index >= 15 is 0 Å². The smallest absolute Gasteiger partial charge is 0.183 e. The first kappa shape index (κ1) is 15.4. The summed E-state index contributed by atoms with van der Waals surface area (Å²) in [7, 11) is 1.61. The molecule has 2 nitrogen and oxygen atoms in total. The highest BCUT2D eigenvalue weighted by Crippen LogP contribution is 2.42. The van der Waals surface area contributed by atoms with Gasteiger partial charge in [-0.15, -0.1) is 0 Å². The van der Waals surface area contributed by atoms with Crippen LogP contribution in [-0.2, 0) is 0 Å². The molecule has 0 atom stereocenters. The Morgan fingerprint density at radius 1 is 0.789 bits per heavy atom. The molecule has 0 radical (unpaired) electrons. The number of rotatable bonds is 3. The van der Waals surface area contributed by atoms with Gasteiger partial charge in [-0.25, -0.2) is 0 Å². The number of benzene rings is 2. The minimum atomic E-state index is 0.633. The van der Waals surface area contributed by atoms with Gasteiger partial charge in [0.2, 0.25) is 0 Å². The number of methoxy groups -OCH3 is 1. The molecule has 0 saturated carbocycles. The third-order valence-corrected chi connectivity index (χ3v) is 4.46. The Hall–Kier alpha value is -0.0400. The molecular weight excluding hydrogens is 508 g/mol. The summed E-state index contributed by atoms with van der Waals surface area (Å²) in [5, 5.41) is 0. The van der Waals surface area contributed by atoms with Gasteiger partial charge in [0.1, 0.15) is 5.75 Å². The normalized spacial score (nSPS) is 10.4. The molecular formula is C13H8Br4O2. The molecule has 0 amide bonds. The Balaban J connectivity index is 2.43. The van der Waals surface area contributed by atoms with E-state index in [-0.39, 0.29) is 0 Å². The summed E-state index contributed by atoms with van der Waals surface area (Å²) < 4.78 is 14.8. The van der Waals surface area contributed by atoms with E-state index in [1.807, 2.05) is 30.3 Å². The standard InChI is InChI=1S/C13H8Br4O2/c1-18-12-6-8(15)5-10(17)13(12)19-11-3-2-7(14)4-9(11)16/h2-6H,1H3. The second-order valence-electron chi connectivity index (χ2n) is 3.60. The molecule has 2 aromatic carbocycles. The lowest BCUT2D eigenvalue weighted by Crippen LogP contribution is -1.92. The summed E-state index contributed by atoms with van der Waals surface area (Å²) in [6, 6.07) is 9.48. The quantitative estimate of drug-likeness (QED) is 0.462. The van der Waals surface area contributed by atoms with Crippen LogP contribution in [0, 0.1) is 0 Å². The Labute approximate surface area is 145 Å². The Kier molecular flexibility index (Phi) is 5.34. The molecule has 0 unspecified atom stereocenters. The van der Waals surface area contributed by atoms with Crippen LogP contribution in [0.5, 0.6) is 17.2 Å². The molecule has 0 bridgehead atoms. The molecule has 19 heavy (non-hydrogen) atoms. The van der Waals surface area contributed by atoms with Gasteiger partial charge in [0.15, 0.2) is 11.5 Å². The molecule has 0 spiro atoms. The van der Waals surface area contributed by atoms with Gasteiger partial charge in [-0.2, -0.15) is 0 Å². The van der Waals surface area contributed by atoms with Gasteiger partial charge in [0.05, 0.1) is 16.1 Å². The van der Waals surface area contributed by atoms with E-state index in [2.05, 4.69) is 63.7 Å². The highest BCUT2D eigenvalue weighted by Gasteiger charge is 2.13. The van der Waals surface area contributed by atoms with Crippen LogP contribution in [0.2, 0.25) is 0 Å². The molecule has 0 aliphatic rings. The second kappa shape index (κ2) is 6.61. The van der Waals surface area contributed by atoms with Gasteiger partial charge >= 0.3 is 0 Å². The molecule has 0 saturated heterocycles. The van der Waals surface area contributed by atoms with E-state index in [9.17, 15) is 0 Å². The summed E-state index contributed by atoms with van der Waals surface area (Å²) >= 11 is 13.8. The highest BCUT2D eigenvalue weighted by molar-refractivity contribution is 9.11. The van der Waals surface area contributed by atoms with Crippen molar-refractivity contribution in [2.24, 2.45) is 0 Å². The van der Waals surface area contributed by atoms with E-state index in [0.717, 1.165) is 17.9 Å². The first-order chi connectivity index (χ1) is 9.01. The van der Waals surface area contributed by atoms with Crippen LogP contribution < -0.4 is 9.47 Å². The second-order valence-corrected chi connectivity index (χ2v) is 7.14. The molecule has 0 fully saturated rings. The molecule has 0 aliphatic carbocycles. The largest absolute Gasteiger partial charge is 0.493 e. The van der Waals surface area contributed by atoms with E-state index in [1.165, 1.54) is 0 Å². The van der Waals surface area contributed by atoms with Crippen molar-refractivity contribution in [3.05, 3.63) is 48.2 Å². The monoisotopic (exact) mass is 512 g/mol. The average Bonchev–Trinajstić information content (AvgIpc) is 2.34. The van der Waals surface area contributed by atoms with Crippen LogP contribution in [0.15, 0.2) is 48.2 Å². The van der Waals surface area contributed by atoms with Crippen molar-refractivity contribution in [1.82, 2.24) is 0 Å². The van der Waals surface area contributed by atoms with Crippen molar-refractivity contribution in [3.63, 3.8) is 0 Å². The lowest BCUT2D eigenvalue weighted by Gasteiger charge is -2.14. The fraction of sp³-hybridized carbons (Fsp3) is 0.0769. The van der Waals surface area contributed by atoms with Gasteiger partial charge < -0.3 is 9.47 Å². The molecule has 0 N–H and O–H groups in total. The number of hydrogen-bond acceptors (Lipinski definition) is 2. The van der Waals surface area contributed by atoms with Gasteiger partial charge in [0, 0.05) is 8.95 Å². The predicted octanol–water partition coefficient (Wildman–Crippen LogP) is 6.54. The molecule has 0 heterocycles. The fourth-order valence-corrected chi connectivity index (χ4v) is 3.85. The molecule has 2 rings (SSSR count). The van der Waals surface area contributed by atoms with Crippen LogP contribution >= 0.6 is 63.7 Å². The molecule has 2 aromatic rings. The summed E-state index contributed by atoms with van der Waals surface area (Å²) in [4.78, 5) is 0. The first-order valence-corrected chi connectivity index (χ1v) is 8.34. The van der Waals surface area contributed by atoms with Crippen LogP contribution in [-0.4, -0.2) is 7.11 Å². The van der Waals surface area contributed by atoms with Crippen molar-refractivity contribution in [2.75, 3.05) is 7.11 Å². The van der Waals surface area contributed by atoms with Crippen molar-refractivity contribution in [2.45, 2.75) is 0 Å². The summed E-state index contributed by atoms with van der Waals surface area (Å²) in [6.45, 7) is 0. The molecule has 0 aromatic heterocycles. The lowest BCUT2D eigenvalue weighted by atomic mass is 10.3. The molecule has 6 heteroatoms. The number of hydrogen-bond donors (Lipinski definition) is 0. The zero-order valence-corrected chi connectivity index (χ0v) is 16.1. The Morgan fingerprint density at radius 3 is 2.11 bits per heavy atom. The van der Waals surface area contributed by atoms with Crippen molar-refractivity contribution in [3.8, 4) is 17.2 Å². The Morgan fingerprint density at radius 2 is 1.47 bits per heavy atom. The molecule has 0 aliphatic heterocycles. The minimum absolute atomic E-state index is 0.633. The maximum Gasteiger partial charge on any atom is 0.183 e. The van der Waals surface area contributed by atoms with Crippen molar-refractivity contribution in [1.29, 1.82) is 0 Å². The van der Waals surface area contributed by atoms with E-state index in [1.54, 1.807) is 7.11 Å². The molecule has 100 valence electrons. The van der Waals surface area contributed by atoms with E-state index in [4.69, 9.17) is 9.47 Å². The lowest BCUT2D eigenvalue weighted by molar-refractivity contribution is 0.376. The van der Waals surface area contributed by atoms with Crippen LogP contribution in [0.4, 0.5) is 0 Å². The Bertz CT molecular complexity index is 614. The predicted molar refractivity (Wildman–Crippen MR) is 90.3 cm³/mol. The summed E-state index contributed by atoms with van der Waals surface area (Å²) in [5.74, 6) is 1.99. The van der Waals surface area contributed by atoms with Gasteiger partial charge in [-0.3, -0.25) is 0 Å². The van der Waals surface area contributed by atoms with Crippen molar-refractivity contribution >= 4 is 63.7 Å². The summed E-state index contributed by atoms with van der Waals surface area (Å²) in [5.41, 5.74) is 0. The summed E-state index contributed by atoms with van der Waals surface area (Å²) in [6.07, 6.45) is 0. The van der Waals surface area contributed by atoms with Crippen LogP contribution in [0.3, 0.4) is 0 Å². The van der Waals surface area contributed by atoms with Crippen molar-refractivity contribution < 1.29 is 9.47 Å². The van der Waals surface area contributed by atoms with E-state index in [0.29, 0.717) is 17.2 Å². The minimum Gasteiger partial charge on any atom is -0.493 e. The third kappa shape index (κ3) is 3.74. The highest BCUT2D eigenvalue weighted by atomic mass is 79.9. The van der Waals surface area contributed by atoms with Gasteiger partial charge in [-0.1, -0.05) is 31.9 Å². The fourth-order valence-electron chi connectivity index (χ4n) is 1.46. The van der Waals surface area contributed by atoms with Gasteiger partial charge in [-0.05, 0) is 62.2 Å².